The number of hydrogen-bond donors (Lipinski definition) is 0. The Morgan fingerprint density at radius 2 is 1.23 bits per heavy atom. The topological polar surface area (TPSA) is 75.7 Å². The molecule has 0 N–H and O–H groups in total. The Hall–Kier alpha value is -3.73. The Morgan fingerprint density at radius 1 is 0.744 bits per heavy atom. The first-order valence-corrected chi connectivity index (χ1v) is 14.2. The summed E-state index contributed by atoms with van der Waals surface area (Å²) >= 11 is 0. The van der Waals surface area contributed by atoms with Gasteiger partial charge in [-0.15, -0.1) is 0 Å². The van der Waals surface area contributed by atoms with Gasteiger partial charge in [-0.3, -0.25) is 0 Å². The summed E-state index contributed by atoms with van der Waals surface area (Å²) in [7, 11) is -5.21. The molecule has 204 valence electrons. The first kappa shape index (κ1) is 29.8. The van der Waals surface area contributed by atoms with E-state index in [1.165, 1.54) is 20.9 Å². The molecule has 0 saturated carbocycles. The smallest absolute Gasteiger partial charge is 0.417 e. The molecule has 10 heteroatoms. The van der Waals surface area contributed by atoms with E-state index in [1.54, 1.807) is 0 Å². The van der Waals surface area contributed by atoms with Gasteiger partial charge in [0.05, 0.1) is 27.6 Å². The van der Waals surface area contributed by atoms with Gasteiger partial charge in [-0.2, -0.15) is 13.2 Å². The van der Waals surface area contributed by atoms with E-state index >= 15 is 0 Å². The van der Waals surface area contributed by atoms with Crippen molar-refractivity contribution < 1.29 is 35.6 Å². The van der Waals surface area contributed by atoms with Gasteiger partial charge in [-0.05, 0) is 60.7 Å². The average Bonchev–Trinajstić information content (AvgIpc) is 2.93. The van der Waals surface area contributed by atoms with E-state index in [0.29, 0.717) is 25.3 Å². The fraction of sp³-hybridized carbons (Fsp3) is 0.103. The third-order valence-corrected chi connectivity index (χ3v) is 8.19. The quantitative estimate of drug-likeness (QED) is 0.0938. The van der Waals surface area contributed by atoms with E-state index in [2.05, 4.69) is 79.4 Å². The molecule has 0 aromatic heterocycles. The largest absolute Gasteiger partial charge is 0.744 e. The van der Waals surface area contributed by atoms with E-state index in [0.717, 1.165) is 17.9 Å². The molecule has 0 atom stereocenters. The minimum atomic E-state index is -5.09. The standard InChI is InChI=1S/C22H21O2S.C7H5F3O3S/c1-2-23-17-18-24-19-13-15-22(16-14-19)25(20-9-5-3-6-10-20)21-11-7-4-8-12-21;8-7(9,10)5-3-1-2-4-6(5)14(11,12)13/h2-16H,1,17-18H2;1-4H,(H,11,12,13)/q+1;/p-1. The summed E-state index contributed by atoms with van der Waals surface area (Å²) in [5.41, 5.74) is -1.44. The summed E-state index contributed by atoms with van der Waals surface area (Å²) in [6.07, 6.45) is -3.41. The van der Waals surface area contributed by atoms with Crippen LogP contribution in [0.15, 0.2) is 142 Å². The molecular formula is C29H25F3O5S2. The predicted octanol–water partition coefficient (Wildman–Crippen LogP) is 6.93. The van der Waals surface area contributed by atoms with E-state index in [1.807, 2.05) is 12.1 Å². The van der Waals surface area contributed by atoms with Crippen LogP contribution in [0.2, 0.25) is 0 Å². The number of rotatable bonds is 9. The summed E-state index contributed by atoms with van der Waals surface area (Å²) in [5.74, 6) is 0.848. The molecule has 4 rings (SSSR count). The van der Waals surface area contributed by atoms with Gasteiger partial charge in [0.25, 0.3) is 0 Å². The second-order valence-electron chi connectivity index (χ2n) is 7.74. The fourth-order valence-corrected chi connectivity index (χ4v) is 6.18. The van der Waals surface area contributed by atoms with Crippen LogP contribution < -0.4 is 4.74 Å². The van der Waals surface area contributed by atoms with Gasteiger partial charge in [0.2, 0.25) is 0 Å². The lowest BCUT2D eigenvalue weighted by atomic mass is 10.2. The second kappa shape index (κ2) is 13.9. The molecule has 0 bridgehead atoms. The SMILES string of the molecule is C=COCCOc1ccc([S+](c2ccccc2)c2ccccc2)cc1.O=S(=O)([O-])c1ccccc1C(F)(F)F. The van der Waals surface area contributed by atoms with E-state index in [4.69, 9.17) is 9.47 Å². The molecule has 0 fully saturated rings. The van der Waals surface area contributed by atoms with Crippen molar-refractivity contribution in [2.24, 2.45) is 0 Å². The molecule has 0 radical (unpaired) electrons. The van der Waals surface area contributed by atoms with Gasteiger partial charge in [-0.25, -0.2) is 8.42 Å². The van der Waals surface area contributed by atoms with Crippen LogP contribution in [-0.4, -0.2) is 26.2 Å². The maximum Gasteiger partial charge on any atom is 0.417 e. The van der Waals surface area contributed by atoms with Crippen molar-refractivity contribution in [3.05, 3.63) is 128 Å². The second-order valence-corrected chi connectivity index (χ2v) is 11.1. The van der Waals surface area contributed by atoms with Crippen LogP contribution in [-0.2, 0) is 31.9 Å². The van der Waals surface area contributed by atoms with Crippen molar-refractivity contribution in [3.63, 3.8) is 0 Å². The maximum absolute atomic E-state index is 12.2. The summed E-state index contributed by atoms with van der Waals surface area (Å²) in [6.45, 7) is 4.53. The minimum absolute atomic E-state index is 0.125. The Morgan fingerprint density at radius 3 is 1.69 bits per heavy atom. The van der Waals surface area contributed by atoms with Crippen molar-refractivity contribution in [1.29, 1.82) is 0 Å². The molecule has 0 spiro atoms. The lowest BCUT2D eigenvalue weighted by Gasteiger charge is -2.14. The molecular weight excluding hydrogens is 549 g/mol. The Balaban J connectivity index is 0.000000255. The van der Waals surface area contributed by atoms with E-state index in [-0.39, 0.29) is 10.9 Å². The van der Waals surface area contributed by atoms with Gasteiger partial charge in [0, 0.05) is 0 Å². The molecule has 0 aliphatic heterocycles. The third-order valence-electron chi connectivity index (χ3n) is 5.07. The van der Waals surface area contributed by atoms with Crippen LogP contribution in [0, 0.1) is 0 Å². The Kier molecular flexibility index (Phi) is 10.6. The van der Waals surface area contributed by atoms with Gasteiger partial charge in [0.1, 0.15) is 29.1 Å². The van der Waals surface area contributed by atoms with Crippen LogP contribution in [0.4, 0.5) is 13.2 Å². The molecule has 4 aromatic carbocycles. The molecule has 0 aliphatic rings. The Labute approximate surface area is 228 Å². The van der Waals surface area contributed by atoms with Crippen molar-refractivity contribution in [2.75, 3.05) is 13.2 Å². The van der Waals surface area contributed by atoms with Gasteiger partial charge >= 0.3 is 6.18 Å². The highest BCUT2D eigenvalue weighted by Gasteiger charge is 2.34. The average molecular weight is 575 g/mol. The molecule has 0 saturated heterocycles. The number of alkyl halides is 3. The summed E-state index contributed by atoms with van der Waals surface area (Å²) in [4.78, 5) is 2.64. The van der Waals surface area contributed by atoms with Crippen molar-refractivity contribution >= 4 is 21.0 Å². The van der Waals surface area contributed by atoms with Crippen molar-refractivity contribution in [2.45, 2.75) is 25.8 Å². The highest BCUT2D eigenvalue weighted by molar-refractivity contribution is 7.97. The van der Waals surface area contributed by atoms with E-state index < -0.39 is 26.8 Å². The van der Waals surface area contributed by atoms with Crippen LogP contribution in [0.3, 0.4) is 0 Å². The zero-order valence-electron chi connectivity index (χ0n) is 20.6. The summed E-state index contributed by atoms with van der Waals surface area (Å²) in [6, 6.07) is 32.8. The van der Waals surface area contributed by atoms with Gasteiger partial charge in [-0.1, -0.05) is 55.1 Å². The Bertz CT molecular complexity index is 1390. The van der Waals surface area contributed by atoms with Gasteiger partial charge in [0.15, 0.2) is 14.7 Å². The van der Waals surface area contributed by atoms with Crippen LogP contribution in [0.1, 0.15) is 5.56 Å². The molecule has 39 heavy (non-hydrogen) atoms. The van der Waals surface area contributed by atoms with Gasteiger partial charge < -0.3 is 14.0 Å². The normalized spacial score (nSPS) is 11.3. The first-order chi connectivity index (χ1) is 18.6. The number of benzene rings is 4. The number of ether oxygens (including phenoxy) is 2. The summed E-state index contributed by atoms with van der Waals surface area (Å²) in [5, 5.41) is 0. The zero-order valence-corrected chi connectivity index (χ0v) is 22.2. The molecule has 0 heterocycles. The highest BCUT2D eigenvalue weighted by Crippen LogP contribution is 2.34. The predicted molar refractivity (Wildman–Crippen MR) is 143 cm³/mol. The summed E-state index contributed by atoms with van der Waals surface area (Å²) < 4.78 is 78.6. The number of hydrogen-bond acceptors (Lipinski definition) is 5. The van der Waals surface area contributed by atoms with Crippen LogP contribution >= 0.6 is 0 Å². The number of halogens is 3. The van der Waals surface area contributed by atoms with Crippen LogP contribution in [0.5, 0.6) is 5.75 Å². The molecule has 4 aromatic rings. The highest BCUT2D eigenvalue weighted by atomic mass is 32.2. The van der Waals surface area contributed by atoms with Crippen LogP contribution in [0.25, 0.3) is 0 Å². The monoisotopic (exact) mass is 574 g/mol. The maximum atomic E-state index is 12.2. The third kappa shape index (κ3) is 8.91. The zero-order chi connectivity index (χ0) is 28.3. The molecule has 0 amide bonds. The lowest BCUT2D eigenvalue weighted by molar-refractivity contribution is -0.140. The van der Waals surface area contributed by atoms with E-state index in [9.17, 15) is 26.1 Å². The molecule has 5 nitrogen and oxygen atoms in total. The van der Waals surface area contributed by atoms with Crippen molar-refractivity contribution in [3.8, 4) is 5.75 Å². The first-order valence-electron chi connectivity index (χ1n) is 11.5. The van der Waals surface area contributed by atoms with Crippen molar-refractivity contribution in [1.82, 2.24) is 0 Å². The minimum Gasteiger partial charge on any atom is -0.744 e. The molecule has 0 aliphatic carbocycles. The lowest BCUT2D eigenvalue weighted by Crippen LogP contribution is -2.12. The fourth-order valence-electron chi connectivity index (χ4n) is 3.40. The molecule has 0 unspecified atom stereocenters.